The van der Waals surface area contributed by atoms with Gasteiger partial charge in [-0.25, -0.2) is 0 Å². The van der Waals surface area contributed by atoms with Crippen LogP contribution in [-0.2, 0) is 9.59 Å². The topological polar surface area (TPSA) is 60.9 Å². The summed E-state index contributed by atoms with van der Waals surface area (Å²) in [6.07, 6.45) is 5.19. The zero-order valence-corrected chi connectivity index (χ0v) is 12.6. The van der Waals surface area contributed by atoms with E-state index in [2.05, 4.69) is 0 Å². The molecule has 2 aliphatic rings. The zero-order chi connectivity index (χ0) is 14.8. The number of carboxylic acid groups (broad SMARTS) is 1. The van der Waals surface area contributed by atoms with E-state index in [-0.39, 0.29) is 17.9 Å². The van der Waals surface area contributed by atoms with Crippen molar-refractivity contribution in [2.75, 3.05) is 26.2 Å². The van der Waals surface area contributed by atoms with Crippen LogP contribution < -0.4 is 0 Å². The van der Waals surface area contributed by atoms with Gasteiger partial charge in [-0.05, 0) is 44.1 Å². The van der Waals surface area contributed by atoms with Gasteiger partial charge in [0.15, 0.2) is 0 Å². The molecular formula is C15H26N2O3. The van der Waals surface area contributed by atoms with Gasteiger partial charge in [-0.2, -0.15) is 0 Å². The summed E-state index contributed by atoms with van der Waals surface area (Å²) in [5.74, 6) is -0.713. The fraction of sp³-hybridized carbons (Fsp3) is 0.867. The van der Waals surface area contributed by atoms with Crippen LogP contribution in [0, 0.1) is 5.41 Å². The fourth-order valence-corrected chi connectivity index (χ4v) is 3.58. The molecule has 0 radical (unpaired) electrons. The summed E-state index contributed by atoms with van der Waals surface area (Å²) in [6.45, 7) is 6.59. The van der Waals surface area contributed by atoms with Crippen LogP contribution in [0.1, 0.15) is 46.0 Å². The Kier molecular flexibility index (Phi) is 4.68. The first-order valence-electron chi connectivity index (χ1n) is 7.66. The van der Waals surface area contributed by atoms with Crippen molar-refractivity contribution >= 4 is 11.9 Å². The lowest BCUT2D eigenvalue weighted by Crippen LogP contribution is -2.57. The van der Waals surface area contributed by atoms with E-state index in [0.29, 0.717) is 6.54 Å². The van der Waals surface area contributed by atoms with Crippen LogP contribution in [0.25, 0.3) is 0 Å². The summed E-state index contributed by atoms with van der Waals surface area (Å²) >= 11 is 0. The van der Waals surface area contributed by atoms with Gasteiger partial charge in [0.2, 0.25) is 5.91 Å². The molecule has 1 unspecified atom stereocenters. The van der Waals surface area contributed by atoms with Crippen molar-refractivity contribution in [2.24, 2.45) is 5.41 Å². The fourth-order valence-electron chi connectivity index (χ4n) is 3.58. The minimum atomic E-state index is -0.804. The molecule has 0 aromatic carbocycles. The standard InChI is InChI=1S/C15H26N2O3/c1-15(2)7-6-10-17(13(15)14(19)20)11-12(18)16-8-4-3-5-9-16/h13H,3-11H2,1-2H3,(H,19,20). The monoisotopic (exact) mass is 282 g/mol. The molecule has 0 saturated carbocycles. The molecule has 0 aromatic rings. The molecule has 1 amide bonds. The Morgan fingerprint density at radius 3 is 2.35 bits per heavy atom. The molecule has 1 N–H and O–H groups in total. The van der Waals surface area contributed by atoms with E-state index in [9.17, 15) is 14.7 Å². The molecule has 0 bridgehead atoms. The van der Waals surface area contributed by atoms with E-state index in [0.717, 1.165) is 38.8 Å². The van der Waals surface area contributed by atoms with Crippen LogP contribution >= 0.6 is 0 Å². The maximum atomic E-state index is 12.3. The van der Waals surface area contributed by atoms with Crippen LogP contribution in [-0.4, -0.2) is 59.0 Å². The molecule has 2 fully saturated rings. The SMILES string of the molecule is CC1(C)CCCN(CC(=O)N2CCCCC2)C1C(=O)O. The molecule has 114 valence electrons. The summed E-state index contributed by atoms with van der Waals surface area (Å²) in [6, 6.07) is -0.551. The molecule has 5 nitrogen and oxygen atoms in total. The second-order valence-electron chi connectivity index (χ2n) is 6.74. The Balaban J connectivity index is 2.02. The summed E-state index contributed by atoms with van der Waals surface area (Å²) in [4.78, 5) is 27.7. The number of carbonyl (C=O) groups is 2. The molecule has 2 saturated heterocycles. The highest BCUT2D eigenvalue weighted by molar-refractivity contribution is 5.80. The van der Waals surface area contributed by atoms with Gasteiger partial charge in [0.05, 0.1) is 6.54 Å². The Morgan fingerprint density at radius 1 is 1.10 bits per heavy atom. The number of aliphatic carboxylic acids is 1. The van der Waals surface area contributed by atoms with Crippen molar-refractivity contribution in [1.29, 1.82) is 0 Å². The predicted octanol–water partition coefficient (Wildman–Crippen LogP) is 1.57. The molecule has 5 heteroatoms. The lowest BCUT2D eigenvalue weighted by molar-refractivity contribution is -0.152. The van der Waals surface area contributed by atoms with Crippen molar-refractivity contribution in [3.05, 3.63) is 0 Å². The Morgan fingerprint density at radius 2 is 1.75 bits per heavy atom. The third kappa shape index (κ3) is 3.32. The van der Waals surface area contributed by atoms with E-state index in [1.165, 1.54) is 6.42 Å². The van der Waals surface area contributed by atoms with E-state index in [1.54, 1.807) is 0 Å². The molecule has 20 heavy (non-hydrogen) atoms. The maximum absolute atomic E-state index is 12.3. The van der Waals surface area contributed by atoms with Gasteiger partial charge in [0.25, 0.3) is 0 Å². The maximum Gasteiger partial charge on any atom is 0.321 e. The second kappa shape index (κ2) is 6.12. The Hall–Kier alpha value is -1.10. The van der Waals surface area contributed by atoms with E-state index >= 15 is 0 Å². The van der Waals surface area contributed by atoms with Gasteiger partial charge in [-0.1, -0.05) is 13.8 Å². The highest BCUT2D eigenvalue weighted by atomic mass is 16.4. The van der Waals surface area contributed by atoms with Gasteiger partial charge in [0.1, 0.15) is 6.04 Å². The molecule has 0 aliphatic carbocycles. The van der Waals surface area contributed by atoms with Crippen molar-refractivity contribution in [2.45, 2.75) is 52.0 Å². The number of amides is 1. The number of piperidine rings is 2. The highest BCUT2D eigenvalue weighted by Gasteiger charge is 2.43. The molecule has 1 atom stereocenters. The average Bonchev–Trinajstić information content (AvgIpc) is 2.38. The van der Waals surface area contributed by atoms with E-state index in [4.69, 9.17) is 0 Å². The zero-order valence-electron chi connectivity index (χ0n) is 12.6. The van der Waals surface area contributed by atoms with E-state index in [1.807, 2.05) is 23.6 Å². The first-order valence-corrected chi connectivity index (χ1v) is 7.66. The van der Waals surface area contributed by atoms with Gasteiger partial charge >= 0.3 is 5.97 Å². The van der Waals surface area contributed by atoms with Gasteiger partial charge in [0, 0.05) is 13.1 Å². The van der Waals surface area contributed by atoms with Gasteiger partial charge in [-0.15, -0.1) is 0 Å². The molecule has 2 rings (SSSR count). The molecule has 0 aromatic heterocycles. The van der Waals surface area contributed by atoms with Crippen LogP contribution in [0.4, 0.5) is 0 Å². The molecular weight excluding hydrogens is 256 g/mol. The largest absolute Gasteiger partial charge is 0.480 e. The van der Waals surface area contributed by atoms with Crippen molar-refractivity contribution in [1.82, 2.24) is 9.80 Å². The van der Waals surface area contributed by atoms with Gasteiger partial charge in [-0.3, -0.25) is 14.5 Å². The van der Waals surface area contributed by atoms with Crippen LogP contribution in [0.15, 0.2) is 0 Å². The lowest BCUT2D eigenvalue weighted by atomic mass is 9.76. The minimum absolute atomic E-state index is 0.0913. The number of nitrogens with zero attached hydrogens (tertiary/aromatic N) is 2. The number of carbonyl (C=O) groups excluding carboxylic acids is 1. The molecule has 0 spiro atoms. The van der Waals surface area contributed by atoms with Crippen LogP contribution in [0.2, 0.25) is 0 Å². The quantitative estimate of drug-likeness (QED) is 0.853. The van der Waals surface area contributed by atoms with Crippen LogP contribution in [0.5, 0.6) is 0 Å². The summed E-state index contributed by atoms with van der Waals surface area (Å²) in [5, 5.41) is 9.50. The Bertz CT molecular complexity index is 375. The van der Waals surface area contributed by atoms with Crippen molar-refractivity contribution in [3.63, 3.8) is 0 Å². The lowest BCUT2D eigenvalue weighted by Gasteiger charge is -2.44. The smallest absolute Gasteiger partial charge is 0.321 e. The predicted molar refractivity (Wildman–Crippen MR) is 76.4 cm³/mol. The van der Waals surface area contributed by atoms with Gasteiger partial charge < -0.3 is 10.0 Å². The number of hydrogen-bond acceptors (Lipinski definition) is 3. The Labute approximate surface area is 120 Å². The summed E-state index contributed by atoms with van der Waals surface area (Å²) in [5.41, 5.74) is -0.272. The first kappa shape index (κ1) is 15.3. The molecule has 2 heterocycles. The highest BCUT2D eigenvalue weighted by Crippen LogP contribution is 2.35. The second-order valence-corrected chi connectivity index (χ2v) is 6.74. The van der Waals surface area contributed by atoms with E-state index < -0.39 is 12.0 Å². The van der Waals surface area contributed by atoms with Crippen molar-refractivity contribution < 1.29 is 14.7 Å². The van der Waals surface area contributed by atoms with Crippen LogP contribution in [0.3, 0.4) is 0 Å². The summed E-state index contributed by atoms with van der Waals surface area (Å²) in [7, 11) is 0. The van der Waals surface area contributed by atoms with Crippen molar-refractivity contribution in [3.8, 4) is 0 Å². The molecule has 2 aliphatic heterocycles. The number of likely N-dealkylation sites (tertiary alicyclic amines) is 2. The summed E-state index contributed by atoms with van der Waals surface area (Å²) < 4.78 is 0. The normalized spacial score (nSPS) is 27.3. The third-order valence-electron chi connectivity index (χ3n) is 4.65. The number of hydrogen-bond donors (Lipinski definition) is 1. The number of carboxylic acids is 1. The average molecular weight is 282 g/mol. The minimum Gasteiger partial charge on any atom is -0.480 e. The first-order chi connectivity index (χ1) is 9.42. The number of rotatable bonds is 3. The third-order valence-corrected chi connectivity index (χ3v) is 4.65.